The molecule has 0 unspecified atom stereocenters. The Morgan fingerprint density at radius 2 is 1.74 bits per heavy atom. The fourth-order valence-electron chi connectivity index (χ4n) is 4.65. The van der Waals surface area contributed by atoms with Crippen molar-refractivity contribution in [1.82, 2.24) is 4.90 Å². The van der Waals surface area contributed by atoms with E-state index in [-0.39, 0.29) is 5.82 Å². The number of anilines is 2. The number of rotatable bonds is 8. The fourth-order valence-corrected chi connectivity index (χ4v) is 4.65. The maximum Gasteiger partial charge on any atom is 0.140 e. The maximum absolute atomic E-state index is 15.0. The Balaban J connectivity index is 0.000000696. The molecule has 0 bridgehead atoms. The van der Waals surface area contributed by atoms with Crippen LogP contribution in [0.1, 0.15) is 82.9 Å². The van der Waals surface area contributed by atoms with Gasteiger partial charge in [-0.25, -0.2) is 9.38 Å². The van der Waals surface area contributed by atoms with Crippen LogP contribution in [-0.4, -0.2) is 30.4 Å². The number of likely N-dealkylation sites (tertiary alicyclic amines) is 1. The molecule has 1 aliphatic rings. The lowest BCUT2D eigenvalue weighted by Crippen LogP contribution is -2.30. The van der Waals surface area contributed by atoms with E-state index in [9.17, 15) is 0 Å². The molecule has 0 aliphatic carbocycles. The Hall–Kier alpha value is -2.92. The first-order valence-corrected chi connectivity index (χ1v) is 14.0. The molecule has 2 aromatic rings. The number of benzene rings is 2. The summed E-state index contributed by atoms with van der Waals surface area (Å²) in [4.78, 5) is 6.80. The van der Waals surface area contributed by atoms with Crippen LogP contribution in [0.15, 0.2) is 67.3 Å². The minimum atomic E-state index is -0.262. The van der Waals surface area contributed by atoms with Crippen molar-refractivity contribution >= 4 is 17.2 Å². The van der Waals surface area contributed by atoms with E-state index in [1.54, 1.807) is 18.2 Å². The molecule has 3 N–H and O–H groups in total. The van der Waals surface area contributed by atoms with Crippen molar-refractivity contribution in [3.05, 3.63) is 84.8 Å². The molecule has 1 heterocycles. The molecule has 1 aliphatic heterocycles. The van der Waals surface area contributed by atoms with Crippen molar-refractivity contribution in [1.29, 1.82) is 0 Å². The summed E-state index contributed by atoms with van der Waals surface area (Å²) < 4.78 is 15.0. The second kappa shape index (κ2) is 17.6. The zero-order valence-corrected chi connectivity index (χ0v) is 24.6. The number of hydrogen-bond acceptors (Lipinski definition) is 3. The molecule has 2 aromatic carbocycles. The third-order valence-corrected chi connectivity index (χ3v) is 6.37. The van der Waals surface area contributed by atoms with Gasteiger partial charge in [-0.05, 0) is 106 Å². The first kappa shape index (κ1) is 33.1. The number of nitrogens with zero attached hydrogens (tertiary/aromatic N) is 2. The Morgan fingerprint density at radius 3 is 2.24 bits per heavy atom. The second-order valence-electron chi connectivity index (χ2n) is 11.0. The largest absolute Gasteiger partial charge is 0.399 e. The zero-order chi connectivity index (χ0) is 28.6. The molecule has 1 saturated heterocycles. The van der Waals surface area contributed by atoms with Gasteiger partial charge >= 0.3 is 0 Å². The van der Waals surface area contributed by atoms with Crippen LogP contribution in [0.2, 0.25) is 0 Å². The molecule has 0 amide bonds. The normalized spacial score (nSPS) is 14.0. The molecular formula is C33H51FN4. The van der Waals surface area contributed by atoms with Gasteiger partial charge in [-0.2, -0.15) is 0 Å². The number of aryl methyl sites for hydroxylation is 2. The highest BCUT2D eigenvalue weighted by Gasteiger charge is 2.15. The highest BCUT2D eigenvalue weighted by atomic mass is 19.1. The van der Waals surface area contributed by atoms with E-state index in [1.165, 1.54) is 51.4 Å². The molecule has 4 nitrogen and oxygen atoms in total. The first-order valence-electron chi connectivity index (χ1n) is 14.0. The third-order valence-electron chi connectivity index (χ3n) is 6.37. The number of nitrogens with two attached hydrogens (primary N) is 1. The van der Waals surface area contributed by atoms with E-state index in [0.717, 1.165) is 36.2 Å². The molecule has 1 fully saturated rings. The van der Waals surface area contributed by atoms with E-state index >= 15 is 4.39 Å². The van der Waals surface area contributed by atoms with E-state index in [4.69, 9.17) is 5.73 Å². The van der Waals surface area contributed by atoms with Gasteiger partial charge in [0.15, 0.2) is 0 Å². The molecular weight excluding hydrogens is 471 g/mol. The minimum absolute atomic E-state index is 0.262. The van der Waals surface area contributed by atoms with Crippen LogP contribution in [0, 0.1) is 18.2 Å². The van der Waals surface area contributed by atoms with Gasteiger partial charge in [-0.1, -0.05) is 53.2 Å². The number of nitrogens with one attached hydrogen (secondary N) is 1. The summed E-state index contributed by atoms with van der Waals surface area (Å²) >= 11 is 0. The number of hydrogen-bond donors (Lipinski definition) is 2. The fraction of sp³-hybridized carbons (Fsp3) is 0.485. The lowest BCUT2D eigenvalue weighted by atomic mass is 9.91. The Kier molecular flexibility index (Phi) is 15.3. The Bertz CT molecular complexity index is 960. The summed E-state index contributed by atoms with van der Waals surface area (Å²) in [5, 5.41) is 3.19. The van der Waals surface area contributed by atoms with Gasteiger partial charge in [-0.15, -0.1) is 13.2 Å². The predicted molar refractivity (Wildman–Crippen MR) is 167 cm³/mol. The summed E-state index contributed by atoms with van der Waals surface area (Å²) in [6.45, 7) is 24.1. The molecule has 0 aromatic heterocycles. The molecule has 0 saturated carbocycles. The van der Waals surface area contributed by atoms with Gasteiger partial charge in [0.2, 0.25) is 0 Å². The second-order valence-corrected chi connectivity index (χ2v) is 11.0. The summed E-state index contributed by atoms with van der Waals surface area (Å²) in [5.41, 5.74) is 10.1. The molecule has 0 radical (unpaired) electrons. The molecule has 0 spiro atoms. The molecule has 3 rings (SSSR count). The highest BCUT2D eigenvalue weighted by Crippen LogP contribution is 2.21. The Morgan fingerprint density at radius 1 is 1.11 bits per heavy atom. The predicted octanol–water partition coefficient (Wildman–Crippen LogP) is 8.77. The molecule has 0 atom stereocenters. The van der Waals surface area contributed by atoms with Crippen LogP contribution in [-0.2, 0) is 6.42 Å². The van der Waals surface area contributed by atoms with Crippen molar-refractivity contribution < 1.29 is 4.39 Å². The molecule has 210 valence electrons. The van der Waals surface area contributed by atoms with Crippen LogP contribution in [0.5, 0.6) is 0 Å². The van der Waals surface area contributed by atoms with E-state index in [2.05, 4.69) is 68.7 Å². The summed E-state index contributed by atoms with van der Waals surface area (Å²) in [7, 11) is 0. The first-order chi connectivity index (χ1) is 18.1. The van der Waals surface area contributed by atoms with Crippen LogP contribution in [0.3, 0.4) is 0 Å². The highest BCUT2D eigenvalue weighted by molar-refractivity contribution is 6.09. The average molecular weight is 523 g/mol. The number of piperidine rings is 1. The third kappa shape index (κ3) is 12.6. The van der Waals surface area contributed by atoms with Gasteiger partial charge in [-0.3, -0.25) is 0 Å². The number of aliphatic imine (C=N–C) groups is 1. The van der Waals surface area contributed by atoms with Gasteiger partial charge < -0.3 is 16.0 Å². The SMILES string of the molecule is C=C.C=CN=C(Nc1ccc(N)cc1)c1c(C)cc(CCCN2CCCCC2)cc1F.CCCC(C)(C)C. The van der Waals surface area contributed by atoms with Gasteiger partial charge in [0, 0.05) is 17.6 Å². The Labute approximate surface area is 231 Å². The topological polar surface area (TPSA) is 53.6 Å². The number of nitrogen functional groups attached to an aromatic ring is 1. The van der Waals surface area contributed by atoms with Crippen LogP contribution in [0.25, 0.3) is 0 Å². The maximum atomic E-state index is 15.0. The van der Waals surface area contributed by atoms with Crippen molar-refractivity contribution in [3.8, 4) is 0 Å². The van der Waals surface area contributed by atoms with E-state index in [1.807, 2.05) is 19.1 Å². The van der Waals surface area contributed by atoms with Gasteiger partial charge in [0.1, 0.15) is 11.7 Å². The van der Waals surface area contributed by atoms with Crippen molar-refractivity contribution in [3.63, 3.8) is 0 Å². The van der Waals surface area contributed by atoms with Gasteiger partial charge in [0.05, 0.1) is 5.56 Å². The van der Waals surface area contributed by atoms with Crippen molar-refractivity contribution in [2.45, 2.75) is 79.6 Å². The van der Waals surface area contributed by atoms with E-state index < -0.39 is 0 Å². The zero-order valence-electron chi connectivity index (χ0n) is 24.6. The van der Waals surface area contributed by atoms with Crippen LogP contribution in [0.4, 0.5) is 15.8 Å². The molecule has 5 heteroatoms. The van der Waals surface area contributed by atoms with Crippen molar-refractivity contribution in [2.75, 3.05) is 30.7 Å². The summed E-state index contributed by atoms with van der Waals surface area (Å²) in [6.07, 6.45) is 9.95. The lowest BCUT2D eigenvalue weighted by Gasteiger charge is -2.26. The summed E-state index contributed by atoms with van der Waals surface area (Å²) in [5.74, 6) is 0.182. The lowest BCUT2D eigenvalue weighted by molar-refractivity contribution is 0.226. The standard InChI is InChI=1S/C24H31FN4.C7H16.C2H4/c1-3-27-24(28-21-11-9-20(26)10-12-21)23-18(2)16-19(17-22(23)25)8-7-15-29-13-5-4-6-14-29;1-5-6-7(2,3)4;1-2/h3,9-12,16-17H,1,4-8,13-15,26H2,2H3,(H,27,28);5-6H2,1-4H3;1-2H2. The quantitative estimate of drug-likeness (QED) is 0.158. The number of halogens is 1. The van der Waals surface area contributed by atoms with Gasteiger partial charge in [0.25, 0.3) is 0 Å². The van der Waals surface area contributed by atoms with Crippen LogP contribution < -0.4 is 11.1 Å². The van der Waals surface area contributed by atoms with E-state index in [0.29, 0.717) is 22.5 Å². The monoisotopic (exact) mass is 522 g/mol. The van der Waals surface area contributed by atoms with Crippen LogP contribution >= 0.6 is 0 Å². The minimum Gasteiger partial charge on any atom is -0.399 e. The molecule has 38 heavy (non-hydrogen) atoms. The summed E-state index contributed by atoms with van der Waals surface area (Å²) in [6, 6.07) is 11.0. The number of amidine groups is 1. The average Bonchev–Trinajstić information content (AvgIpc) is 2.87. The van der Waals surface area contributed by atoms with Crippen molar-refractivity contribution in [2.24, 2.45) is 10.4 Å². The smallest absolute Gasteiger partial charge is 0.140 e.